The number of phenols is 1. The van der Waals surface area contributed by atoms with Crippen molar-refractivity contribution in [1.29, 1.82) is 0 Å². The number of carbonyl (C=O) groups excluding carboxylic acids is 1. The summed E-state index contributed by atoms with van der Waals surface area (Å²) < 4.78 is 13.5. The third-order valence-electron chi connectivity index (χ3n) is 4.76. The second-order valence-corrected chi connectivity index (χ2v) is 8.38. The molecule has 0 fully saturated rings. The van der Waals surface area contributed by atoms with Crippen LogP contribution in [0.4, 0.5) is 4.39 Å². The maximum absolute atomic E-state index is 13.5. The molecule has 2 unspecified atom stereocenters. The summed E-state index contributed by atoms with van der Waals surface area (Å²) in [6, 6.07) is 8.44. The quantitative estimate of drug-likeness (QED) is 0.532. The maximum Gasteiger partial charge on any atom is 0.150 e. The molecule has 0 aliphatic rings. The lowest BCUT2D eigenvalue weighted by Gasteiger charge is -2.35. The predicted octanol–water partition coefficient (Wildman–Crippen LogP) is 5.37. The van der Waals surface area contributed by atoms with Gasteiger partial charge < -0.3 is 5.11 Å². The van der Waals surface area contributed by atoms with Crippen molar-refractivity contribution >= 4 is 20.2 Å². The van der Waals surface area contributed by atoms with E-state index in [1.54, 1.807) is 6.07 Å². The Morgan fingerprint density at radius 3 is 2.52 bits per heavy atom. The monoisotopic (exact) mass is 360 g/mol. The molecular weight excluding hydrogens is 334 g/mol. The minimum Gasteiger partial charge on any atom is -0.507 e. The zero-order chi connectivity index (χ0) is 18.6. The van der Waals surface area contributed by atoms with E-state index in [1.165, 1.54) is 12.1 Å². The number of hydrogen-bond acceptors (Lipinski definition) is 2. The first-order valence-electron chi connectivity index (χ1n) is 8.70. The molecule has 2 rings (SSSR count). The molecule has 2 atom stereocenters. The van der Waals surface area contributed by atoms with E-state index >= 15 is 0 Å². The van der Waals surface area contributed by atoms with Gasteiger partial charge in [0.2, 0.25) is 0 Å². The lowest BCUT2D eigenvalue weighted by molar-refractivity contribution is 0.112. The van der Waals surface area contributed by atoms with Crippen LogP contribution in [0.25, 0.3) is 0 Å². The summed E-state index contributed by atoms with van der Waals surface area (Å²) in [7, 11) is 0.283. The van der Waals surface area contributed by atoms with Crippen LogP contribution in [0.15, 0.2) is 30.3 Å². The number of hydrogen-bond donors (Lipinski definition) is 1. The second-order valence-electron chi connectivity index (χ2n) is 6.64. The van der Waals surface area contributed by atoms with Crippen molar-refractivity contribution in [1.82, 2.24) is 0 Å². The predicted molar refractivity (Wildman–Crippen MR) is 104 cm³/mol. The number of aldehydes is 1. The molecule has 2 aromatic carbocycles. The van der Waals surface area contributed by atoms with Crippen LogP contribution in [0, 0.1) is 19.7 Å². The van der Waals surface area contributed by atoms with Crippen molar-refractivity contribution < 1.29 is 14.3 Å². The van der Waals surface area contributed by atoms with E-state index in [-0.39, 0.29) is 13.7 Å². The molecule has 0 heterocycles. The summed E-state index contributed by atoms with van der Waals surface area (Å²) in [4.78, 5) is 11.4. The average Bonchev–Trinajstić information content (AvgIpc) is 2.59. The summed E-state index contributed by atoms with van der Waals surface area (Å²) in [5, 5.41) is 11.3. The van der Waals surface area contributed by atoms with E-state index in [0.29, 0.717) is 11.3 Å². The fraction of sp³-hybridized carbons (Fsp3) is 0.381. The molecule has 4 heteroatoms. The molecule has 0 radical (unpaired) electrons. The summed E-state index contributed by atoms with van der Waals surface area (Å²) in [5.41, 5.74) is 3.31. The van der Waals surface area contributed by atoms with Gasteiger partial charge in [-0.3, -0.25) is 4.79 Å². The van der Waals surface area contributed by atoms with Gasteiger partial charge in [0.05, 0.1) is 0 Å². The smallest absolute Gasteiger partial charge is 0.150 e. The fourth-order valence-corrected chi connectivity index (χ4v) is 5.31. The van der Waals surface area contributed by atoms with E-state index in [1.807, 2.05) is 19.9 Å². The van der Waals surface area contributed by atoms with E-state index in [0.717, 1.165) is 47.5 Å². The normalized spacial score (nSPS) is 14.0. The van der Waals surface area contributed by atoms with Crippen molar-refractivity contribution in [3.05, 3.63) is 58.4 Å². The minimum atomic E-state index is -0.400. The topological polar surface area (TPSA) is 37.3 Å². The Hall–Kier alpha value is -1.73. The summed E-state index contributed by atoms with van der Waals surface area (Å²) >= 11 is 0. The van der Waals surface area contributed by atoms with Crippen molar-refractivity contribution in [2.75, 3.05) is 0 Å². The lowest BCUT2D eigenvalue weighted by Crippen LogP contribution is -2.24. The van der Waals surface area contributed by atoms with E-state index < -0.39 is 5.82 Å². The maximum atomic E-state index is 13.5. The third-order valence-corrected chi connectivity index (χ3v) is 6.83. The van der Waals surface area contributed by atoms with Crippen molar-refractivity contribution in [2.45, 2.75) is 52.1 Å². The van der Waals surface area contributed by atoms with E-state index in [2.05, 4.69) is 19.9 Å². The first-order valence-corrected chi connectivity index (χ1v) is 9.70. The zero-order valence-electron chi connectivity index (χ0n) is 15.3. The van der Waals surface area contributed by atoms with E-state index in [9.17, 15) is 14.3 Å². The molecule has 0 bridgehead atoms. The van der Waals surface area contributed by atoms with Gasteiger partial charge in [0.1, 0.15) is 11.6 Å². The highest BCUT2D eigenvalue weighted by molar-refractivity contribution is 7.48. The largest absolute Gasteiger partial charge is 0.507 e. The molecule has 0 aliphatic heterocycles. The Morgan fingerprint density at radius 1 is 1.20 bits per heavy atom. The second kappa shape index (κ2) is 8.10. The number of carbonyl (C=O) groups is 1. The molecule has 2 aromatic rings. The number of rotatable bonds is 7. The highest BCUT2D eigenvalue weighted by atomic mass is 31.1. The zero-order valence-corrected chi connectivity index (χ0v) is 16.3. The van der Waals surface area contributed by atoms with Crippen molar-refractivity contribution in [2.24, 2.45) is 0 Å². The van der Waals surface area contributed by atoms with Crippen LogP contribution < -0.4 is 5.30 Å². The Kier molecular flexibility index (Phi) is 6.35. The van der Waals surface area contributed by atoms with Crippen LogP contribution in [-0.4, -0.2) is 11.4 Å². The van der Waals surface area contributed by atoms with Crippen LogP contribution in [0.5, 0.6) is 5.75 Å². The molecular formula is C21H26FO2P. The van der Waals surface area contributed by atoms with Gasteiger partial charge in [-0.1, -0.05) is 52.6 Å². The Bertz CT molecular complexity index is 773. The number of aromatic hydroxyl groups is 1. The highest BCUT2D eigenvalue weighted by Crippen LogP contribution is 2.51. The highest BCUT2D eigenvalue weighted by Gasteiger charge is 2.33. The summed E-state index contributed by atoms with van der Waals surface area (Å²) in [5.74, 6) is -0.0642. The van der Waals surface area contributed by atoms with Crippen LogP contribution in [-0.2, 0) is 5.16 Å². The van der Waals surface area contributed by atoms with Gasteiger partial charge in [0, 0.05) is 16.3 Å². The molecule has 0 saturated carbocycles. The van der Waals surface area contributed by atoms with Crippen molar-refractivity contribution in [3.63, 3.8) is 0 Å². The lowest BCUT2D eigenvalue weighted by atomic mass is 9.88. The van der Waals surface area contributed by atoms with Gasteiger partial charge in [-0.2, -0.15) is 0 Å². The van der Waals surface area contributed by atoms with Crippen LogP contribution in [0.3, 0.4) is 0 Å². The Morgan fingerprint density at radius 2 is 1.92 bits per heavy atom. The van der Waals surface area contributed by atoms with Crippen LogP contribution in [0.1, 0.15) is 60.2 Å². The molecule has 134 valence electrons. The Labute approximate surface area is 151 Å². The molecule has 2 nitrogen and oxygen atoms in total. The first kappa shape index (κ1) is 19.6. The molecule has 25 heavy (non-hydrogen) atoms. The van der Waals surface area contributed by atoms with Gasteiger partial charge in [-0.25, -0.2) is 4.39 Å². The van der Waals surface area contributed by atoms with Gasteiger partial charge in [-0.05, 0) is 49.7 Å². The number of benzene rings is 2. The Balaban J connectivity index is 2.62. The molecule has 0 amide bonds. The SMILES string of the molecule is CCCC(CC)(Pc1ccc(F)cc1C=O)c1cc(C)cc(C)c1O. The van der Waals surface area contributed by atoms with Gasteiger partial charge in [0.15, 0.2) is 6.29 Å². The molecule has 0 aliphatic carbocycles. The first-order chi connectivity index (χ1) is 11.9. The molecule has 0 aromatic heterocycles. The summed E-state index contributed by atoms with van der Waals surface area (Å²) in [6.07, 6.45) is 3.42. The van der Waals surface area contributed by atoms with Crippen LogP contribution in [0.2, 0.25) is 0 Å². The molecule has 0 spiro atoms. The summed E-state index contributed by atoms with van der Waals surface area (Å²) in [6.45, 7) is 8.18. The molecule has 1 N–H and O–H groups in total. The number of aryl methyl sites for hydroxylation is 2. The minimum absolute atomic E-state index is 0.259. The van der Waals surface area contributed by atoms with Gasteiger partial charge in [-0.15, -0.1) is 0 Å². The van der Waals surface area contributed by atoms with Gasteiger partial charge >= 0.3 is 0 Å². The fourth-order valence-electron chi connectivity index (χ4n) is 3.47. The van der Waals surface area contributed by atoms with Crippen LogP contribution >= 0.6 is 8.58 Å². The van der Waals surface area contributed by atoms with Crippen molar-refractivity contribution in [3.8, 4) is 5.75 Å². The number of halogens is 1. The standard InChI is InChI=1S/C21H26FO2P/c1-5-9-21(6-2,18-11-14(3)10-15(4)20(18)24)25-19-8-7-17(22)12-16(19)13-23/h7-8,10-13,24-25H,5-6,9H2,1-4H3. The van der Waals surface area contributed by atoms with E-state index in [4.69, 9.17) is 0 Å². The number of phenolic OH excluding ortho intramolecular Hbond substituents is 1. The third kappa shape index (κ3) is 4.10. The van der Waals surface area contributed by atoms with Gasteiger partial charge in [0.25, 0.3) is 0 Å². The average molecular weight is 360 g/mol. The molecule has 0 saturated heterocycles.